The Hall–Kier alpha value is -2.82. The number of pyridine rings is 1. The maximum atomic E-state index is 10.3. The Morgan fingerprint density at radius 2 is 2.03 bits per heavy atom. The molecule has 1 aromatic carbocycles. The molecule has 1 fully saturated rings. The molecule has 34 heavy (non-hydrogen) atoms. The molecule has 1 aliphatic rings. The highest BCUT2D eigenvalue weighted by molar-refractivity contribution is 7.19. The third kappa shape index (κ3) is 4.84. The topological polar surface area (TPSA) is 110 Å². The first-order chi connectivity index (χ1) is 16.5. The van der Waals surface area contributed by atoms with E-state index >= 15 is 0 Å². The van der Waals surface area contributed by atoms with Crippen LogP contribution in [0, 0.1) is 0 Å². The first-order valence-electron chi connectivity index (χ1n) is 11.1. The van der Waals surface area contributed by atoms with Crippen molar-refractivity contribution in [3.63, 3.8) is 0 Å². The van der Waals surface area contributed by atoms with Gasteiger partial charge in [-0.15, -0.1) is 11.3 Å². The number of aromatic amines is 1. The zero-order chi connectivity index (χ0) is 23.7. The Labute approximate surface area is 206 Å². The third-order valence-corrected chi connectivity index (χ3v) is 7.29. The molecule has 0 aliphatic carbocycles. The minimum atomic E-state index is -0.706. The van der Waals surface area contributed by atoms with Gasteiger partial charge in [-0.25, -0.2) is 9.97 Å². The van der Waals surface area contributed by atoms with Crippen molar-refractivity contribution in [3.8, 4) is 21.1 Å². The maximum absolute atomic E-state index is 10.3. The number of aliphatic hydroxyl groups excluding tert-OH is 2. The maximum Gasteiger partial charge on any atom is 0.165 e. The molecule has 0 amide bonds. The fraction of sp³-hybridized carbons (Fsp3) is 0.292. The number of rotatable bonds is 7. The summed E-state index contributed by atoms with van der Waals surface area (Å²) in [7, 11) is 0. The second kappa shape index (κ2) is 9.81. The summed E-state index contributed by atoms with van der Waals surface area (Å²) in [5.74, 6) is 1.29. The summed E-state index contributed by atoms with van der Waals surface area (Å²) in [6, 6.07) is 13.8. The van der Waals surface area contributed by atoms with Crippen LogP contribution in [-0.4, -0.2) is 60.7 Å². The van der Waals surface area contributed by atoms with Gasteiger partial charge in [0.05, 0.1) is 17.0 Å². The number of H-pyrrole nitrogens is 1. The number of hydrogen-bond donors (Lipinski definition) is 4. The average Bonchev–Trinajstić information content (AvgIpc) is 3.56. The van der Waals surface area contributed by atoms with Crippen LogP contribution >= 0.6 is 22.9 Å². The number of thiophene rings is 1. The van der Waals surface area contributed by atoms with Crippen LogP contribution in [0.4, 0.5) is 5.82 Å². The SMILES string of the molecule is CC(O)Nc1cc(-c2cc(C(c3ccc(Cl)cc3)N3CCC(O)C3)c(-c3ncn[nH]3)s2)ccn1. The Bertz CT molecular complexity index is 1240. The van der Waals surface area contributed by atoms with Crippen molar-refractivity contribution in [2.24, 2.45) is 0 Å². The molecule has 3 unspecified atom stereocenters. The van der Waals surface area contributed by atoms with Crippen molar-refractivity contribution in [2.75, 3.05) is 18.4 Å². The van der Waals surface area contributed by atoms with Gasteiger partial charge in [0.25, 0.3) is 0 Å². The fourth-order valence-corrected chi connectivity index (χ4v) is 5.62. The summed E-state index contributed by atoms with van der Waals surface area (Å²) >= 11 is 7.80. The van der Waals surface area contributed by atoms with E-state index in [1.165, 1.54) is 6.33 Å². The minimum Gasteiger partial charge on any atom is -0.392 e. The quantitative estimate of drug-likeness (QED) is 0.284. The van der Waals surface area contributed by atoms with Crippen LogP contribution in [0.5, 0.6) is 0 Å². The van der Waals surface area contributed by atoms with Gasteiger partial charge in [-0.2, -0.15) is 5.10 Å². The zero-order valence-electron chi connectivity index (χ0n) is 18.5. The van der Waals surface area contributed by atoms with Crippen LogP contribution in [0.2, 0.25) is 5.02 Å². The molecule has 5 rings (SSSR count). The highest BCUT2D eigenvalue weighted by atomic mass is 35.5. The van der Waals surface area contributed by atoms with Crippen LogP contribution in [0.15, 0.2) is 55.0 Å². The van der Waals surface area contributed by atoms with Gasteiger partial charge in [0.1, 0.15) is 18.4 Å². The summed E-state index contributed by atoms with van der Waals surface area (Å²) < 4.78 is 0. The average molecular weight is 497 g/mol. The first kappa shape index (κ1) is 22.9. The second-order valence-corrected chi connectivity index (χ2v) is 9.86. The molecular weight excluding hydrogens is 472 g/mol. The van der Waals surface area contributed by atoms with Crippen molar-refractivity contribution in [1.82, 2.24) is 25.1 Å². The summed E-state index contributed by atoms with van der Waals surface area (Å²) in [5.41, 5.74) is 3.15. The summed E-state index contributed by atoms with van der Waals surface area (Å²) in [4.78, 5) is 13.1. The van der Waals surface area contributed by atoms with Gasteiger partial charge in [0.2, 0.25) is 0 Å². The van der Waals surface area contributed by atoms with Gasteiger partial charge in [0.15, 0.2) is 5.82 Å². The van der Waals surface area contributed by atoms with Crippen LogP contribution < -0.4 is 5.32 Å². The molecule has 3 aromatic heterocycles. The summed E-state index contributed by atoms with van der Waals surface area (Å²) in [5, 5.41) is 30.7. The van der Waals surface area contributed by atoms with E-state index in [0.717, 1.165) is 39.4 Å². The lowest BCUT2D eigenvalue weighted by atomic mass is 9.96. The highest BCUT2D eigenvalue weighted by Crippen LogP contribution is 2.44. The first-order valence-corrected chi connectivity index (χ1v) is 12.3. The number of anilines is 1. The number of aliphatic hydroxyl groups is 2. The number of β-amino-alcohol motifs (C(OH)–C–C–N with tert-alkyl or cyclic N) is 1. The van der Waals surface area contributed by atoms with E-state index in [4.69, 9.17) is 11.6 Å². The van der Waals surface area contributed by atoms with E-state index in [1.807, 2.05) is 36.4 Å². The van der Waals surface area contributed by atoms with E-state index < -0.39 is 6.23 Å². The van der Waals surface area contributed by atoms with Crippen molar-refractivity contribution in [1.29, 1.82) is 0 Å². The van der Waals surface area contributed by atoms with E-state index in [-0.39, 0.29) is 12.1 Å². The molecule has 0 saturated carbocycles. The number of nitrogens with one attached hydrogen (secondary N) is 2. The Morgan fingerprint density at radius 3 is 2.71 bits per heavy atom. The molecule has 3 atom stereocenters. The van der Waals surface area contributed by atoms with Crippen molar-refractivity contribution < 1.29 is 10.2 Å². The van der Waals surface area contributed by atoms with E-state index in [1.54, 1.807) is 24.5 Å². The third-order valence-electron chi connectivity index (χ3n) is 5.83. The summed E-state index contributed by atoms with van der Waals surface area (Å²) in [6.07, 6.45) is 2.91. The van der Waals surface area contributed by atoms with Crippen LogP contribution in [0.1, 0.15) is 30.5 Å². The van der Waals surface area contributed by atoms with Crippen LogP contribution in [0.25, 0.3) is 21.1 Å². The molecule has 4 aromatic rings. The van der Waals surface area contributed by atoms with Crippen LogP contribution in [0.3, 0.4) is 0 Å². The zero-order valence-corrected chi connectivity index (χ0v) is 20.1. The predicted molar refractivity (Wildman–Crippen MR) is 134 cm³/mol. The van der Waals surface area contributed by atoms with Gasteiger partial charge < -0.3 is 15.5 Å². The Kier molecular flexibility index (Phi) is 6.62. The number of benzene rings is 1. The molecule has 1 saturated heterocycles. The van der Waals surface area contributed by atoms with E-state index in [2.05, 4.69) is 36.4 Å². The van der Waals surface area contributed by atoms with Gasteiger partial charge in [-0.1, -0.05) is 23.7 Å². The molecule has 0 radical (unpaired) electrons. The molecule has 4 heterocycles. The number of halogens is 1. The van der Waals surface area contributed by atoms with Crippen LogP contribution in [-0.2, 0) is 0 Å². The number of likely N-dealkylation sites (tertiary alicyclic amines) is 1. The van der Waals surface area contributed by atoms with Gasteiger partial charge >= 0.3 is 0 Å². The molecule has 8 nitrogen and oxygen atoms in total. The fourth-order valence-electron chi connectivity index (χ4n) is 4.36. The predicted octanol–water partition coefficient (Wildman–Crippen LogP) is 4.15. The lowest BCUT2D eigenvalue weighted by molar-refractivity contribution is 0.167. The summed E-state index contributed by atoms with van der Waals surface area (Å²) in [6.45, 7) is 3.03. The minimum absolute atomic E-state index is 0.0867. The molecule has 10 heteroatoms. The van der Waals surface area contributed by atoms with Gasteiger partial charge in [0, 0.05) is 29.2 Å². The monoisotopic (exact) mass is 496 g/mol. The second-order valence-electron chi connectivity index (χ2n) is 8.37. The molecule has 1 aliphatic heterocycles. The number of nitrogens with zero attached hydrogens (tertiary/aromatic N) is 4. The van der Waals surface area contributed by atoms with Gasteiger partial charge in [-0.05, 0) is 60.4 Å². The smallest absolute Gasteiger partial charge is 0.165 e. The van der Waals surface area contributed by atoms with E-state index in [0.29, 0.717) is 23.2 Å². The van der Waals surface area contributed by atoms with Gasteiger partial charge in [-0.3, -0.25) is 10.00 Å². The lowest BCUT2D eigenvalue weighted by Gasteiger charge is -2.28. The molecule has 0 spiro atoms. The number of aromatic nitrogens is 4. The molecule has 0 bridgehead atoms. The largest absolute Gasteiger partial charge is 0.392 e. The van der Waals surface area contributed by atoms with Crippen molar-refractivity contribution in [2.45, 2.75) is 31.7 Å². The molecule has 176 valence electrons. The standard InChI is InChI=1S/C24H25ClN6O2S/c1-14(32)29-21-10-16(6-8-26-21)20-11-19(23(34-20)24-27-13-28-30-24)22(31-9-7-18(33)12-31)15-2-4-17(25)5-3-15/h2-6,8,10-11,13-14,18,22,32-33H,7,9,12H2,1H3,(H,26,29)(H,27,28,30). The Morgan fingerprint density at radius 1 is 1.21 bits per heavy atom. The molecule has 4 N–H and O–H groups in total. The molecular formula is C24H25ClN6O2S. The van der Waals surface area contributed by atoms with Crippen molar-refractivity contribution in [3.05, 3.63) is 71.1 Å². The lowest BCUT2D eigenvalue weighted by Crippen LogP contribution is -2.28. The highest BCUT2D eigenvalue weighted by Gasteiger charge is 2.32. The normalized spacial score (nSPS) is 18.2. The Balaban J connectivity index is 1.64. The number of hydrogen-bond acceptors (Lipinski definition) is 8. The van der Waals surface area contributed by atoms with E-state index in [9.17, 15) is 10.2 Å². The van der Waals surface area contributed by atoms with Crippen molar-refractivity contribution >= 4 is 28.8 Å².